The van der Waals surface area contributed by atoms with Crippen LogP contribution in [0.4, 0.5) is 0 Å². The standard InChI is InChI=1S/C14H19N3/c1-9-6-5-7-10(2)14(9)17-12(4)13(8-15)11(3)16-17/h5-7H,8,15H2,1-4H3. The molecule has 1 heterocycles. The summed E-state index contributed by atoms with van der Waals surface area (Å²) in [6.45, 7) is 8.86. The van der Waals surface area contributed by atoms with E-state index in [2.05, 4.69) is 44.1 Å². The van der Waals surface area contributed by atoms with Crippen molar-refractivity contribution < 1.29 is 0 Å². The Morgan fingerprint density at radius 1 is 1.12 bits per heavy atom. The first kappa shape index (κ1) is 11.9. The molecule has 0 aliphatic heterocycles. The van der Waals surface area contributed by atoms with Crippen molar-refractivity contribution in [1.29, 1.82) is 0 Å². The normalized spacial score (nSPS) is 10.9. The highest BCUT2D eigenvalue weighted by Gasteiger charge is 2.13. The summed E-state index contributed by atoms with van der Waals surface area (Å²) < 4.78 is 2.02. The minimum absolute atomic E-state index is 0.544. The Morgan fingerprint density at radius 3 is 2.18 bits per heavy atom. The third-order valence-corrected chi connectivity index (χ3v) is 3.30. The van der Waals surface area contributed by atoms with Crippen LogP contribution in [-0.2, 0) is 6.54 Å². The van der Waals surface area contributed by atoms with Crippen LogP contribution >= 0.6 is 0 Å². The van der Waals surface area contributed by atoms with Gasteiger partial charge < -0.3 is 5.73 Å². The van der Waals surface area contributed by atoms with Gasteiger partial charge in [-0.05, 0) is 38.8 Å². The maximum atomic E-state index is 5.77. The van der Waals surface area contributed by atoms with Crippen molar-refractivity contribution in [3.63, 3.8) is 0 Å². The summed E-state index contributed by atoms with van der Waals surface area (Å²) in [4.78, 5) is 0. The molecule has 0 bridgehead atoms. The van der Waals surface area contributed by atoms with Gasteiger partial charge in [0.05, 0.1) is 11.4 Å². The summed E-state index contributed by atoms with van der Waals surface area (Å²) in [7, 11) is 0. The van der Waals surface area contributed by atoms with Gasteiger partial charge >= 0.3 is 0 Å². The summed E-state index contributed by atoms with van der Waals surface area (Å²) in [6.07, 6.45) is 0. The van der Waals surface area contributed by atoms with Gasteiger partial charge in [0.2, 0.25) is 0 Å². The molecule has 0 aliphatic rings. The molecule has 0 radical (unpaired) electrons. The molecular formula is C14H19N3. The lowest BCUT2D eigenvalue weighted by Crippen LogP contribution is -2.05. The van der Waals surface area contributed by atoms with E-state index < -0.39 is 0 Å². The van der Waals surface area contributed by atoms with E-state index in [1.165, 1.54) is 16.8 Å². The summed E-state index contributed by atoms with van der Waals surface area (Å²) in [5.41, 5.74) is 12.7. The van der Waals surface area contributed by atoms with Gasteiger partial charge in [-0.25, -0.2) is 4.68 Å². The fraction of sp³-hybridized carbons (Fsp3) is 0.357. The van der Waals surface area contributed by atoms with Crippen molar-refractivity contribution in [2.45, 2.75) is 34.2 Å². The lowest BCUT2D eigenvalue weighted by Gasteiger charge is -2.11. The van der Waals surface area contributed by atoms with E-state index in [1.54, 1.807) is 0 Å². The van der Waals surface area contributed by atoms with Crippen molar-refractivity contribution >= 4 is 0 Å². The zero-order valence-electron chi connectivity index (χ0n) is 10.9. The number of nitrogens with two attached hydrogens (primary N) is 1. The maximum Gasteiger partial charge on any atom is 0.0707 e. The molecule has 0 spiro atoms. The first-order chi connectivity index (χ1) is 8.06. The SMILES string of the molecule is Cc1cccc(C)c1-n1nc(C)c(CN)c1C. The molecule has 0 fully saturated rings. The van der Waals surface area contributed by atoms with Crippen molar-refractivity contribution in [2.75, 3.05) is 0 Å². The topological polar surface area (TPSA) is 43.8 Å². The first-order valence-corrected chi connectivity index (χ1v) is 5.88. The average molecular weight is 229 g/mol. The number of nitrogens with zero attached hydrogens (tertiary/aromatic N) is 2. The van der Waals surface area contributed by atoms with Crippen LogP contribution in [0, 0.1) is 27.7 Å². The van der Waals surface area contributed by atoms with Crippen LogP contribution < -0.4 is 5.73 Å². The first-order valence-electron chi connectivity index (χ1n) is 5.88. The number of hydrogen-bond donors (Lipinski definition) is 1. The Morgan fingerprint density at radius 2 is 1.71 bits per heavy atom. The van der Waals surface area contributed by atoms with E-state index in [4.69, 9.17) is 5.73 Å². The van der Waals surface area contributed by atoms with Crippen LogP contribution in [-0.4, -0.2) is 9.78 Å². The van der Waals surface area contributed by atoms with Crippen LogP contribution in [0.2, 0.25) is 0 Å². The zero-order chi connectivity index (χ0) is 12.6. The molecule has 3 heteroatoms. The molecule has 0 unspecified atom stereocenters. The molecule has 2 rings (SSSR count). The van der Waals surface area contributed by atoms with Gasteiger partial charge in [0.1, 0.15) is 0 Å². The lowest BCUT2D eigenvalue weighted by molar-refractivity contribution is 0.820. The molecule has 1 aromatic carbocycles. The highest BCUT2D eigenvalue weighted by molar-refractivity contribution is 5.48. The van der Waals surface area contributed by atoms with Gasteiger partial charge in [-0.3, -0.25) is 0 Å². The number of rotatable bonds is 2. The molecule has 17 heavy (non-hydrogen) atoms. The van der Waals surface area contributed by atoms with E-state index in [1.807, 2.05) is 11.6 Å². The highest BCUT2D eigenvalue weighted by Crippen LogP contribution is 2.22. The van der Waals surface area contributed by atoms with Crippen molar-refractivity contribution in [3.05, 3.63) is 46.3 Å². The number of benzene rings is 1. The second-order valence-corrected chi connectivity index (χ2v) is 4.51. The van der Waals surface area contributed by atoms with Gasteiger partial charge in [0, 0.05) is 17.8 Å². The molecule has 90 valence electrons. The number of aromatic nitrogens is 2. The molecule has 2 N–H and O–H groups in total. The summed E-state index contributed by atoms with van der Waals surface area (Å²) >= 11 is 0. The summed E-state index contributed by atoms with van der Waals surface area (Å²) in [5, 5.41) is 4.61. The minimum Gasteiger partial charge on any atom is -0.326 e. The maximum absolute atomic E-state index is 5.77. The Labute approximate surface area is 102 Å². The second-order valence-electron chi connectivity index (χ2n) is 4.51. The Bertz CT molecular complexity index is 533. The van der Waals surface area contributed by atoms with E-state index in [0.29, 0.717) is 6.54 Å². The molecule has 0 amide bonds. The highest BCUT2D eigenvalue weighted by atomic mass is 15.3. The number of para-hydroxylation sites is 1. The third kappa shape index (κ3) is 1.87. The van der Waals surface area contributed by atoms with Gasteiger partial charge in [0.15, 0.2) is 0 Å². The van der Waals surface area contributed by atoms with Gasteiger partial charge in [-0.15, -0.1) is 0 Å². The quantitative estimate of drug-likeness (QED) is 0.860. The predicted octanol–water partition coefficient (Wildman–Crippen LogP) is 2.56. The second kappa shape index (κ2) is 4.34. The number of hydrogen-bond acceptors (Lipinski definition) is 2. The van der Waals surface area contributed by atoms with E-state index >= 15 is 0 Å². The molecule has 0 saturated heterocycles. The van der Waals surface area contributed by atoms with E-state index in [9.17, 15) is 0 Å². The molecule has 1 aromatic heterocycles. The van der Waals surface area contributed by atoms with Crippen LogP contribution in [0.25, 0.3) is 5.69 Å². The Hall–Kier alpha value is -1.61. The predicted molar refractivity (Wildman–Crippen MR) is 70.4 cm³/mol. The zero-order valence-corrected chi connectivity index (χ0v) is 10.9. The fourth-order valence-electron chi connectivity index (χ4n) is 2.33. The number of aryl methyl sites for hydroxylation is 3. The molecule has 0 aliphatic carbocycles. The Balaban J connectivity index is 2.69. The minimum atomic E-state index is 0.544. The van der Waals surface area contributed by atoms with Crippen molar-refractivity contribution in [1.82, 2.24) is 9.78 Å². The van der Waals surface area contributed by atoms with Crippen LogP contribution in [0.1, 0.15) is 28.1 Å². The Kier molecular flexibility index (Phi) is 3.03. The fourth-order valence-corrected chi connectivity index (χ4v) is 2.33. The lowest BCUT2D eigenvalue weighted by atomic mass is 10.1. The summed E-state index contributed by atoms with van der Waals surface area (Å²) in [5.74, 6) is 0. The smallest absolute Gasteiger partial charge is 0.0707 e. The van der Waals surface area contributed by atoms with E-state index in [-0.39, 0.29) is 0 Å². The molecule has 2 aromatic rings. The van der Waals surface area contributed by atoms with Gasteiger partial charge in [0.25, 0.3) is 0 Å². The van der Waals surface area contributed by atoms with Gasteiger partial charge in [-0.1, -0.05) is 18.2 Å². The monoisotopic (exact) mass is 229 g/mol. The van der Waals surface area contributed by atoms with Crippen LogP contribution in [0.5, 0.6) is 0 Å². The third-order valence-electron chi connectivity index (χ3n) is 3.30. The summed E-state index contributed by atoms with van der Waals surface area (Å²) in [6, 6.07) is 6.30. The largest absolute Gasteiger partial charge is 0.326 e. The van der Waals surface area contributed by atoms with Gasteiger partial charge in [-0.2, -0.15) is 5.10 Å². The molecule has 3 nitrogen and oxygen atoms in total. The van der Waals surface area contributed by atoms with Crippen molar-refractivity contribution in [3.8, 4) is 5.69 Å². The molecule has 0 saturated carbocycles. The molecular weight excluding hydrogens is 210 g/mol. The molecule has 0 atom stereocenters. The van der Waals surface area contributed by atoms with E-state index in [0.717, 1.165) is 17.0 Å². The van der Waals surface area contributed by atoms with Crippen molar-refractivity contribution in [2.24, 2.45) is 5.73 Å². The average Bonchev–Trinajstić information content (AvgIpc) is 2.54. The van der Waals surface area contributed by atoms with Crippen LogP contribution in [0.3, 0.4) is 0 Å². The van der Waals surface area contributed by atoms with Crippen LogP contribution in [0.15, 0.2) is 18.2 Å².